The van der Waals surface area contributed by atoms with Crippen molar-refractivity contribution in [1.29, 1.82) is 0 Å². The zero-order valence-electron chi connectivity index (χ0n) is 14.6. The van der Waals surface area contributed by atoms with Crippen LogP contribution in [0.1, 0.15) is 0 Å². The summed E-state index contributed by atoms with van der Waals surface area (Å²) in [6, 6.07) is 5.41. The lowest BCUT2D eigenvalue weighted by Gasteiger charge is -2.24. The third kappa shape index (κ3) is 3.38. The molecule has 2 aromatic carbocycles. The van der Waals surface area contributed by atoms with Gasteiger partial charge in [-0.2, -0.15) is 4.39 Å². The molecule has 6 nitrogen and oxygen atoms in total. The molecule has 1 heterocycles. The molecule has 0 fully saturated rings. The van der Waals surface area contributed by atoms with E-state index in [1.54, 1.807) is 0 Å². The van der Waals surface area contributed by atoms with Gasteiger partial charge in [0.05, 0.1) is 23.3 Å². The number of benzene rings is 2. The molecular weight excluding hydrogens is 421 g/mol. The van der Waals surface area contributed by atoms with E-state index in [0.717, 1.165) is 7.11 Å². The molecule has 0 spiro atoms. The number of hydrogen-bond donors (Lipinski definition) is 1. The van der Waals surface area contributed by atoms with Crippen LogP contribution in [0.15, 0.2) is 35.2 Å². The van der Waals surface area contributed by atoms with Crippen molar-refractivity contribution >= 4 is 38.2 Å². The van der Waals surface area contributed by atoms with Gasteiger partial charge in [-0.25, -0.2) is 21.5 Å². The third-order valence-electron chi connectivity index (χ3n) is 3.97. The van der Waals surface area contributed by atoms with Crippen LogP contribution in [0.5, 0.6) is 5.75 Å². The molecular formula is C17H14ClF3N2O4S. The fourth-order valence-electron chi connectivity index (χ4n) is 2.70. The lowest BCUT2D eigenvalue weighted by Crippen LogP contribution is -2.34. The Hall–Kier alpha value is -2.43. The number of anilines is 1. The van der Waals surface area contributed by atoms with Crippen molar-refractivity contribution in [3.8, 4) is 5.75 Å². The highest BCUT2D eigenvalue weighted by atomic mass is 35.5. The first-order valence-electron chi connectivity index (χ1n) is 7.72. The highest BCUT2D eigenvalue weighted by Gasteiger charge is 2.33. The van der Waals surface area contributed by atoms with Gasteiger partial charge >= 0.3 is 0 Å². The highest BCUT2D eigenvalue weighted by molar-refractivity contribution is 7.93. The predicted octanol–water partition coefficient (Wildman–Crippen LogP) is 4.05. The number of aromatic amines is 1. The Balaban J connectivity index is 2.23. The molecule has 150 valence electrons. The molecule has 0 saturated carbocycles. The maximum absolute atomic E-state index is 14.6. The lowest BCUT2D eigenvalue weighted by molar-refractivity contribution is 0.209. The van der Waals surface area contributed by atoms with Crippen LogP contribution in [-0.2, 0) is 14.8 Å². The van der Waals surface area contributed by atoms with E-state index >= 15 is 0 Å². The number of nitrogens with one attached hydrogen (secondary N) is 1. The Kier molecular flexibility index (Phi) is 5.46. The summed E-state index contributed by atoms with van der Waals surface area (Å²) < 4.78 is 79.4. The van der Waals surface area contributed by atoms with Gasteiger partial charge < -0.3 is 14.5 Å². The first kappa shape index (κ1) is 20.3. The van der Waals surface area contributed by atoms with Gasteiger partial charge in [0.15, 0.2) is 0 Å². The SMILES string of the molecule is COCN(c1cc(F)c(Cl)cc1F)S(=O)(=O)c1c(F)[nH]c2cc(OC)ccc12. The van der Waals surface area contributed by atoms with Crippen molar-refractivity contribution in [2.45, 2.75) is 4.90 Å². The van der Waals surface area contributed by atoms with Crippen molar-refractivity contribution in [3.05, 3.63) is 52.9 Å². The van der Waals surface area contributed by atoms with Crippen molar-refractivity contribution in [2.75, 3.05) is 25.3 Å². The molecule has 28 heavy (non-hydrogen) atoms. The summed E-state index contributed by atoms with van der Waals surface area (Å²) in [6.07, 6.45) is 0. The summed E-state index contributed by atoms with van der Waals surface area (Å²) >= 11 is 5.52. The zero-order chi connectivity index (χ0) is 20.6. The van der Waals surface area contributed by atoms with Gasteiger partial charge in [-0.05, 0) is 18.2 Å². The molecule has 1 N–H and O–H groups in total. The minimum Gasteiger partial charge on any atom is -0.497 e. The molecule has 0 amide bonds. The second kappa shape index (κ2) is 7.53. The van der Waals surface area contributed by atoms with E-state index in [1.807, 2.05) is 0 Å². The van der Waals surface area contributed by atoms with Crippen molar-refractivity contribution in [2.24, 2.45) is 0 Å². The maximum atomic E-state index is 14.6. The minimum absolute atomic E-state index is 0.00856. The third-order valence-corrected chi connectivity index (χ3v) is 6.06. The van der Waals surface area contributed by atoms with Crippen LogP contribution in [0.4, 0.5) is 18.9 Å². The number of ether oxygens (including phenoxy) is 2. The molecule has 0 atom stereocenters. The Morgan fingerprint density at radius 3 is 2.46 bits per heavy atom. The largest absolute Gasteiger partial charge is 0.497 e. The summed E-state index contributed by atoms with van der Waals surface area (Å²) in [7, 11) is -2.14. The summed E-state index contributed by atoms with van der Waals surface area (Å²) in [5.74, 6) is -2.95. The van der Waals surface area contributed by atoms with Crippen LogP contribution >= 0.6 is 11.6 Å². The first-order valence-corrected chi connectivity index (χ1v) is 9.54. The number of H-pyrrole nitrogens is 1. The summed E-state index contributed by atoms with van der Waals surface area (Å²) in [5.41, 5.74) is -0.526. The standard InChI is InChI=1S/C17H14ClF3N2O4S/c1-26-8-23(15-7-12(19)11(18)6-13(15)20)28(24,25)16-10-4-3-9(27-2)5-14(10)22-17(16)21/h3-7,22H,8H2,1-2H3. The predicted molar refractivity (Wildman–Crippen MR) is 97.7 cm³/mol. The average molecular weight is 435 g/mol. The number of halogens is 4. The molecule has 0 aliphatic rings. The topological polar surface area (TPSA) is 71.6 Å². The summed E-state index contributed by atoms with van der Waals surface area (Å²) in [6.45, 7) is -0.692. The number of sulfonamides is 1. The number of nitrogens with zero attached hydrogens (tertiary/aromatic N) is 1. The number of aromatic nitrogens is 1. The lowest BCUT2D eigenvalue weighted by atomic mass is 10.2. The average Bonchev–Trinajstić information content (AvgIpc) is 2.98. The van der Waals surface area contributed by atoms with E-state index in [0.29, 0.717) is 22.2 Å². The minimum atomic E-state index is -4.69. The monoisotopic (exact) mass is 434 g/mol. The number of rotatable bonds is 6. The Morgan fingerprint density at radius 1 is 1.11 bits per heavy atom. The highest BCUT2D eigenvalue weighted by Crippen LogP contribution is 2.35. The fraction of sp³-hybridized carbons (Fsp3) is 0.176. The Labute approximate surface area is 163 Å². The maximum Gasteiger partial charge on any atom is 0.271 e. The zero-order valence-corrected chi connectivity index (χ0v) is 16.2. The molecule has 0 bridgehead atoms. The van der Waals surface area contributed by atoms with Gasteiger partial charge in [0.1, 0.15) is 29.0 Å². The quantitative estimate of drug-likeness (QED) is 0.469. The van der Waals surface area contributed by atoms with E-state index in [4.69, 9.17) is 21.1 Å². The smallest absolute Gasteiger partial charge is 0.271 e. The first-order chi connectivity index (χ1) is 13.2. The molecule has 0 saturated heterocycles. The van der Waals surface area contributed by atoms with Crippen molar-refractivity contribution in [1.82, 2.24) is 4.98 Å². The van der Waals surface area contributed by atoms with Gasteiger partial charge in [-0.15, -0.1) is 0 Å². The molecule has 1 aromatic heterocycles. The van der Waals surface area contributed by atoms with E-state index in [1.165, 1.54) is 25.3 Å². The van der Waals surface area contributed by atoms with Gasteiger partial charge in [-0.3, -0.25) is 0 Å². The second-order valence-corrected chi connectivity index (χ2v) is 7.88. The van der Waals surface area contributed by atoms with Crippen LogP contribution in [-0.4, -0.2) is 34.4 Å². The molecule has 11 heteroatoms. The molecule has 0 aliphatic heterocycles. The number of hydrogen-bond acceptors (Lipinski definition) is 4. The van der Waals surface area contributed by atoms with E-state index in [-0.39, 0.29) is 10.9 Å². The van der Waals surface area contributed by atoms with Gasteiger partial charge in [0, 0.05) is 24.6 Å². The molecule has 3 aromatic rings. The van der Waals surface area contributed by atoms with Crippen LogP contribution in [0, 0.1) is 17.6 Å². The normalized spacial score (nSPS) is 11.8. The van der Waals surface area contributed by atoms with E-state index in [9.17, 15) is 21.6 Å². The number of methoxy groups -OCH3 is 2. The van der Waals surface area contributed by atoms with Crippen LogP contribution in [0.25, 0.3) is 10.9 Å². The van der Waals surface area contributed by atoms with Crippen LogP contribution in [0.2, 0.25) is 5.02 Å². The summed E-state index contributed by atoms with van der Waals surface area (Å²) in [5, 5.41) is -0.518. The Morgan fingerprint density at radius 2 is 1.82 bits per heavy atom. The number of fused-ring (bicyclic) bond motifs is 1. The molecule has 3 rings (SSSR count). The summed E-state index contributed by atoms with van der Waals surface area (Å²) in [4.78, 5) is 1.57. The Bertz CT molecular complexity index is 1150. The molecule has 0 aliphatic carbocycles. The van der Waals surface area contributed by atoms with Gasteiger partial charge in [-0.1, -0.05) is 11.6 Å². The van der Waals surface area contributed by atoms with Crippen LogP contribution < -0.4 is 9.04 Å². The molecule has 0 unspecified atom stereocenters. The van der Waals surface area contributed by atoms with Crippen LogP contribution in [0.3, 0.4) is 0 Å². The molecule has 0 radical (unpaired) electrons. The van der Waals surface area contributed by atoms with Gasteiger partial charge in [0.25, 0.3) is 10.0 Å². The van der Waals surface area contributed by atoms with Crippen molar-refractivity contribution < 1.29 is 31.1 Å². The van der Waals surface area contributed by atoms with E-state index < -0.39 is 49.9 Å². The van der Waals surface area contributed by atoms with Gasteiger partial charge in [0.2, 0.25) is 5.95 Å². The van der Waals surface area contributed by atoms with E-state index in [2.05, 4.69) is 4.98 Å². The van der Waals surface area contributed by atoms with Crippen molar-refractivity contribution in [3.63, 3.8) is 0 Å². The second-order valence-electron chi connectivity index (χ2n) is 5.67. The fourth-order valence-corrected chi connectivity index (χ4v) is 4.44.